The second-order valence-electron chi connectivity index (χ2n) is 2.90. The fourth-order valence-corrected chi connectivity index (χ4v) is 0.817. The summed E-state index contributed by atoms with van der Waals surface area (Å²) in [5.74, 6) is 0.406. The average Bonchev–Trinajstić information content (AvgIpc) is 2.57. The first-order chi connectivity index (χ1) is 7.38. The lowest BCUT2D eigenvalue weighted by molar-refractivity contribution is -0.160. The Labute approximate surface area is 88.4 Å². The van der Waals surface area contributed by atoms with E-state index in [9.17, 15) is 18.0 Å². The zero-order valence-electron chi connectivity index (χ0n) is 8.28. The number of aryl methyl sites for hydroxylation is 1. The minimum Gasteiger partial charge on any atom is -0.440 e. The van der Waals surface area contributed by atoms with Crippen LogP contribution in [0.15, 0.2) is 6.33 Å². The molecule has 0 radical (unpaired) electrons. The summed E-state index contributed by atoms with van der Waals surface area (Å²) in [4.78, 5) is 10.8. The lowest BCUT2D eigenvalue weighted by Crippen LogP contribution is -2.29. The summed E-state index contributed by atoms with van der Waals surface area (Å²) in [6.07, 6.45) is -4.28. The monoisotopic (exact) mass is 238 g/mol. The van der Waals surface area contributed by atoms with Crippen LogP contribution in [0, 0.1) is 0 Å². The molecule has 1 heterocycles. The van der Waals surface area contributed by atoms with Gasteiger partial charge >= 0.3 is 12.3 Å². The van der Waals surface area contributed by atoms with Gasteiger partial charge in [0.1, 0.15) is 6.33 Å². The number of amides is 1. The molecule has 0 fully saturated rings. The van der Waals surface area contributed by atoms with Gasteiger partial charge in [-0.2, -0.15) is 13.2 Å². The number of halogens is 3. The van der Waals surface area contributed by atoms with Gasteiger partial charge in [-0.3, -0.25) is 0 Å². The number of carbonyl (C=O) groups excluding carboxylic acids is 1. The Balaban J connectivity index is 2.29. The number of nitrogens with zero attached hydrogens (tertiary/aromatic N) is 3. The molecule has 0 aromatic carbocycles. The Hall–Kier alpha value is -1.80. The first-order valence-electron chi connectivity index (χ1n) is 4.19. The quantitative estimate of drug-likeness (QED) is 0.837. The highest BCUT2D eigenvalue weighted by molar-refractivity contribution is 5.67. The number of hydrogen-bond donors (Lipinski definition) is 1. The van der Waals surface area contributed by atoms with Crippen LogP contribution in [0.25, 0.3) is 0 Å². The summed E-state index contributed by atoms with van der Waals surface area (Å²) >= 11 is 0. The summed E-state index contributed by atoms with van der Waals surface area (Å²) in [6.45, 7) is -1.66. The molecular weight excluding hydrogens is 229 g/mol. The van der Waals surface area contributed by atoms with Gasteiger partial charge in [-0.05, 0) is 0 Å². The maximum absolute atomic E-state index is 11.7. The highest BCUT2D eigenvalue weighted by Crippen LogP contribution is 2.14. The average molecular weight is 238 g/mol. The zero-order chi connectivity index (χ0) is 12.2. The SMILES string of the molecule is Cn1cnnc1CNC(=O)OCC(F)(F)F. The van der Waals surface area contributed by atoms with Crippen LogP contribution < -0.4 is 5.32 Å². The van der Waals surface area contributed by atoms with Gasteiger partial charge in [0.25, 0.3) is 0 Å². The van der Waals surface area contributed by atoms with E-state index in [0.717, 1.165) is 0 Å². The molecular formula is C7H9F3N4O2. The van der Waals surface area contributed by atoms with Crippen LogP contribution in [-0.4, -0.2) is 33.6 Å². The minimum atomic E-state index is -4.53. The molecule has 1 aromatic rings. The summed E-state index contributed by atoms with van der Waals surface area (Å²) in [6, 6.07) is 0. The molecule has 1 amide bonds. The molecule has 0 saturated carbocycles. The second kappa shape index (κ2) is 4.81. The molecule has 1 rings (SSSR count). The van der Waals surface area contributed by atoms with Crippen LogP contribution in [0.3, 0.4) is 0 Å². The van der Waals surface area contributed by atoms with E-state index in [1.54, 1.807) is 7.05 Å². The molecule has 0 saturated heterocycles. The molecule has 0 aliphatic heterocycles. The van der Waals surface area contributed by atoms with Gasteiger partial charge in [0.2, 0.25) is 0 Å². The lowest BCUT2D eigenvalue weighted by atomic mass is 10.6. The molecule has 0 aliphatic carbocycles. The van der Waals surface area contributed by atoms with E-state index in [4.69, 9.17) is 0 Å². The predicted molar refractivity (Wildman–Crippen MR) is 45.2 cm³/mol. The first kappa shape index (κ1) is 12.3. The van der Waals surface area contributed by atoms with Crippen molar-refractivity contribution in [3.05, 3.63) is 12.2 Å². The summed E-state index contributed by atoms with van der Waals surface area (Å²) < 4.78 is 40.4. The van der Waals surface area contributed by atoms with Crippen molar-refractivity contribution >= 4 is 6.09 Å². The summed E-state index contributed by atoms with van der Waals surface area (Å²) in [5, 5.41) is 9.26. The Morgan fingerprint density at radius 1 is 1.62 bits per heavy atom. The third kappa shape index (κ3) is 4.15. The van der Waals surface area contributed by atoms with Gasteiger partial charge in [0.05, 0.1) is 6.54 Å². The topological polar surface area (TPSA) is 69.0 Å². The molecule has 16 heavy (non-hydrogen) atoms. The summed E-state index contributed by atoms with van der Waals surface area (Å²) in [5.41, 5.74) is 0. The molecule has 90 valence electrons. The number of alkyl halides is 3. The van der Waals surface area contributed by atoms with Gasteiger partial charge in [0, 0.05) is 7.05 Å². The van der Waals surface area contributed by atoms with Crippen LogP contribution in [-0.2, 0) is 18.3 Å². The Bertz CT molecular complexity index is 363. The van der Waals surface area contributed by atoms with E-state index in [-0.39, 0.29) is 6.54 Å². The van der Waals surface area contributed by atoms with Gasteiger partial charge in [0.15, 0.2) is 12.4 Å². The van der Waals surface area contributed by atoms with Crippen molar-refractivity contribution in [1.29, 1.82) is 0 Å². The highest BCUT2D eigenvalue weighted by Gasteiger charge is 2.29. The Morgan fingerprint density at radius 2 is 2.31 bits per heavy atom. The predicted octanol–water partition coefficient (Wildman–Crippen LogP) is 0.604. The van der Waals surface area contributed by atoms with Crippen molar-refractivity contribution in [3.63, 3.8) is 0 Å². The molecule has 9 heteroatoms. The van der Waals surface area contributed by atoms with E-state index in [1.165, 1.54) is 10.9 Å². The summed E-state index contributed by atoms with van der Waals surface area (Å²) in [7, 11) is 1.64. The van der Waals surface area contributed by atoms with Gasteiger partial charge in [-0.15, -0.1) is 10.2 Å². The fourth-order valence-electron chi connectivity index (χ4n) is 0.817. The van der Waals surface area contributed by atoms with Gasteiger partial charge in [-0.1, -0.05) is 0 Å². The number of alkyl carbamates (subject to hydrolysis) is 1. The molecule has 1 aromatic heterocycles. The van der Waals surface area contributed by atoms with E-state index in [1.807, 2.05) is 0 Å². The molecule has 6 nitrogen and oxygen atoms in total. The number of hydrogen-bond acceptors (Lipinski definition) is 4. The van der Waals surface area contributed by atoms with Crippen molar-refractivity contribution in [2.24, 2.45) is 7.05 Å². The lowest BCUT2D eigenvalue weighted by Gasteiger charge is -2.08. The third-order valence-corrected chi connectivity index (χ3v) is 1.56. The second-order valence-corrected chi connectivity index (χ2v) is 2.90. The highest BCUT2D eigenvalue weighted by atomic mass is 19.4. The Morgan fingerprint density at radius 3 is 2.81 bits per heavy atom. The number of carbonyl (C=O) groups is 1. The van der Waals surface area contributed by atoms with E-state index in [0.29, 0.717) is 5.82 Å². The number of aromatic nitrogens is 3. The van der Waals surface area contributed by atoms with Crippen molar-refractivity contribution in [2.45, 2.75) is 12.7 Å². The van der Waals surface area contributed by atoms with Gasteiger partial charge < -0.3 is 14.6 Å². The fraction of sp³-hybridized carbons (Fsp3) is 0.571. The van der Waals surface area contributed by atoms with Crippen molar-refractivity contribution in [2.75, 3.05) is 6.61 Å². The molecule has 0 spiro atoms. The van der Waals surface area contributed by atoms with Crippen LogP contribution in [0.1, 0.15) is 5.82 Å². The molecule has 0 atom stereocenters. The first-order valence-corrected chi connectivity index (χ1v) is 4.19. The van der Waals surface area contributed by atoms with Crippen LogP contribution in [0.4, 0.5) is 18.0 Å². The normalized spacial score (nSPS) is 11.2. The van der Waals surface area contributed by atoms with Crippen molar-refractivity contribution in [3.8, 4) is 0 Å². The van der Waals surface area contributed by atoms with Crippen LogP contribution >= 0.6 is 0 Å². The third-order valence-electron chi connectivity index (χ3n) is 1.56. The van der Waals surface area contributed by atoms with E-state index >= 15 is 0 Å². The van der Waals surface area contributed by atoms with Crippen LogP contribution in [0.2, 0.25) is 0 Å². The number of ether oxygens (including phenoxy) is 1. The molecule has 0 bridgehead atoms. The molecule has 0 aliphatic rings. The van der Waals surface area contributed by atoms with Crippen LogP contribution in [0.5, 0.6) is 0 Å². The largest absolute Gasteiger partial charge is 0.440 e. The standard InChI is InChI=1S/C7H9F3N4O2/c1-14-4-12-13-5(14)2-11-6(15)16-3-7(8,9)10/h4H,2-3H2,1H3,(H,11,15). The maximum atomic E-state index is 11.7. The number of nitrogens with one attached hydrogen (secondary N) is 1. The van der Waals surface area contributed by atoms with E-state index < -0.39 is 18.9 Å². The zero-order valence-corrected chi connectivity index (χ0v) is 8.28. The van der Waals surface area contributed by atoms with Crippen molar-refractivity contribution in [1.82, 2.24) is 20.1 Å². The van der Waals surface area contributed by atoms with E-state index in [2.05, 4.69) is 20.3 Å². The minimum absolute atomic E-state index is 0.0484. The Kier molecular flexibility index (Phi) is 3.69. The van der Waals surface area contributed by atoms with Crippen molar-refractivity contribution < 1.29 is 22.7 Å². The number of rotatable bonds is 3. The van der Waals surface area contributed by atoms with Gasteiger partial charge in [-0.25, -0.2) is 4.79 Å². The maximum Gasteiger partial charge on any atom is 0.422 e. The smallest absolute Gasteiger partial charge is 0.422 e. The molecule has 1 N–H and O–H groups in total. The molecule has 0 unspecified atom stereocenters.